The summed E-state index contributed by atoms with van der Waals surface area (Å²) in [5.74, 6) is 0. The maximum absolute atomic E-state index is 6.03. The highest BCUT2D eigenvalue weighted by molar-refractivity contribution is 6.20. The van der Waals surface area contributed by atoms with Crippen LogP contribution in [0.25, 0.3) is 0 Å². The lowest BCUT2D eigenvalue weighted by atomic mass is 10.3. The summed E-state index contributed by atoms with van der Waals surface area (Å²) in [5, 5.41) is 8.87. The summed E-state index contributed by atoms with van der Waals surface area (Å²) in [4.78, 5) is 0. The molecular formula is C13H19ClN4. The molecule has 0 saturated carbocycles. The van der Waals surface area contributed by atoms with Gasteiger partial charge < -0.3 is 0 Å². The van der Waals surface area contributed by atoms with E-state index in [1.165, 1.54) is 5.69 Å². The molecule has 0 aliphatic heterocycles. The smallest absolute Gasteiger partial charge is 0.0828 e. The minimum atomic E-state index is 0.000962. The standard InChI is InChI=1S/C13H19ClN4/c1-4-12-6-13(18(5-2)16-12)9-17-8-11(7-15-17)10(3)14/h6-8,10H,4-5,9H2,1-3H3. The van der Waals surface area contributed by atoms with Crippen LogP contribution in [0.2, 0.25) is 0 Å². The molecule has 2 aromatic heterocycles. The summed E-state index contributed by atoms with van der Waals surface area (Å²) >= 11 is 6.03. The Morgan fingerprint density at radius 2 is 2.17 bits per heavy atom. The summed E-state index contributed by atoms with van der Waals surface area (Å²) in [6.07, 6.45) is 4.78. The van der Waals surface area contributed by atoms with Crippen molar-refractivity contribution in [3.05, 3.63) is 35.4 Å². The van der Waals surface area contributed by atoms with Crippen molar-refractivity contribution >= 4 is 11.6 Å². The molecule has 2 heterocycles. The predicted molar refractivity (Wildman–Crippen MR) is 72.9 cm³/mol. The highest BCUT2D eigenvalue weighted by Gasteiger charge is 2.09. The molecular weight excluding hydrogens is 248 g/mol. The van der Waals surface area contributed by atoms with Crippen molar-refractivity contribution in [2.75, 3.05) is 0 Å². The van der Waals surface area contributed by atoms with Crippen molar-refractivity contribution in [2.45, 2.75) is 45.7 Å². The highest BCUT2D eigenvalue weighted by atomic mass is 35.5. The summed E-state index contributed by atoms with van der Waals surface area (Å²) in [6.45, 7) is 7.80. The average Bonchev–Trinajstić information content (AvgIpc) is 2.96. The first-order valence-electron chi connectivity index (χ1n) is 6.36. The maximum atomic E-state index is 6.03. The van der Waals surface area contributed by atoms with Gasteiger partial charge in [0.1, 0.15) is 0 Å². The first kappa shape index (κ1) is 13.1. The minimum Gasteiger partial charge on any atom is -0.268 e. The van der Waals surface area contributed by atoms with E-state index in [-0.39, 0.29) is 5.38 Å². The first-order valence-corrected chi connectivity index (χ1v) is 6.79. The van der Waals surface area contributed by atoms with E-state index in [4.69, 9.17) is 11.6 Å². The summed E-state index contributed by atoms with van der Waals surface area (Å²) in [6, 6.07) is 2.15. The Labute approximate surface area is 113 Å². The fourth-order valence-corrected chi connectivity index (χ4v) is 2.04. The molecule has 18 heavy (non-hydrogen) atoms. The van der Waals surface area contributed by atoms with Crippen LogP contribution < -0.4 is 0 Å². The largest absolute Gasteiger partial charge is 0.268 e. The van der Waals surface area contributed by atoms with E-state index in [0.717, 1.165) is 30.8 Å². The fourth-order valence-electron chi connectivity index (χ4n) is 1.93. The molecule has 0 amide bonds. The Morgan fingerprint density at radius 1 is 1.39 bits per heavy atom. The van der Waals surface area contributed by atoms with Crippen molar-refractivity contribution in [1.29, 1.82) is 0 Å². The van der Waals surface area contributed by atoms with Gasteiger partial charge in [-0.2, -0.15) is 10.2 Å². The molecule has 2 aromatic rings. The lowest BCUT2D eigenvalue weighted by Gasteiger charge is -2.04. The van der Waals surface area contributed by atoms with Crippen LogP contribution in [0.4, 0.5) is 0 Å². The van der Waals surface area contributed by atoms with Gasteiger partial charge in [0.05, 0.1) is 29.5 Å². The van der Waals surface area contributed by atoms with Gasteiger partial charge in [-0.15, -0.1) is 11.6 Å². The van der Waals surface area contributed by atoms with Crippen LogP contribution in [-0.4, -0.2) is 19.6 Å². The number of alkyl halides is 1. The molecule has 0 radical (unpaired) electrons. The molecule has 1 atom stereocenters. The fraction of sp³-hybridized carbons (Fsp3) is 0.538. The van der Waals surface area contributed by atoms with Gasteiger partial charge in [0.15, 0.2) is 0 Å². The molecule has 0 aliphatic rings. The van der Waals surface area contributed by atoms with Crippen molar-refractivity contribution in [1.82, 2.24) is 19.6 Å². The zero-order chi connectivity index (χ0) is 13.1. The summed E-state index contributed by atoms with van der Waals surface area (Å²) in [7, 11) is 0. The lowest BCUT2D eigenvalue weighted by molar-refractivity contribution is 0.573. The van der Waals surface area contributed by atoms with E-state index >= 15 is 0 Å². The number of nitrogens with zero attached hydrogens (tertiary/aromatic N) is 4. The SMILES string of the molecule is CCc1cc(Cn2cc(C(C)Cl)cn2)n(CC)n1. The third kappa shape index (κ3) is 2.75. The minimum absolute atomic E-state index is 0.000962. The molecule has 0 bridgehead atoms. The normalized spacial score (nSPS) is 12.9. The van der Waals surface area contributed by atoms with E-state index in [1.807, 2.05) is 28.7 Å². The second kappa shape index (κ2) is 5.57. The number of aromatic nitrogens is 4. The Kier molecular flexibility index (Phi) is 4.07. The zero-order valence-electron chi connectivity index (χ0n) is 11.1. The van der Waals surface area contributed by atoms with Gasteiger partial charge in [-0.25, -0.2) is 0 Å². The molecule has 4 nitrogen and oxygen atoms in total. The van der Waals surface area contributed by atoms with Crippen LogP contribution in [0.3, 0.4) is 0 Å². The molecule has 0 aliphatic carbocycles. The van der Waals surface area contributed by atoms with E-state index in [1.54, 1.807) is 0 Å². The third-order valence-electron chi connectivity index (χ3n) is 3.01. The average molecular weight is 267 g/mol. The monoisotopic (exact) mass is 266 g/mol. The van der Waals surface area contributed by atoms with Gasteiger partial charge in [0.25, 0.3) is 0 Å². The molecule has 98 valence electrons. The van der Waals surface area contributed by atoms with Crippen molar-refractivity contribution in [3.63, 3.8) is 0 Å². The number of hydrogen-bond acceptors (Lipinski definition) is 2. The van der Waals surface area contributed by atoms with Gasteiger partial charge in [0.2, 0.25) is 0 Å². The van der Waals surface area contributed by atoms with Crippen LogP contribution >= 0.6 is 11.6 Å². The van der Waals surface area contributed by atoms with Gasteiger partial charge in [-0.1, -0.05) is 6.92 Å². The van der Waals surface area contributed by atoms with E-state index in [2.05, 4.69) is 30.1 Å². The molecule has 0 saturated heterocycles. The van der Waals surface area contributed by atoms with Crippen LogP contribution in [0, 0.1) is 0 Å². The summed E-state index contributed by atoms with van der Waals surface area (Å²) < 4.78 is 3.95. The number of halogens is 1. The lowest BCUT2D eigenvalue weighted by Crippen LogP contribution is -2.08. The van der Waals surface area contributed by atoms with Gasteiger partial charge in [-0.3, -0.25) is 9.36 Å². The van der Waals surface area contributed by atoms with Crippen molar-refractivity contribution in [3.8, 4) is 0 Å². The van der Waals surface area contributed by atoms with Gasteiger partial charge in [-0.05, 0) is 26.3 Å². The summed E-state index contributed by atoms with van der Waals surface area (Å²) in [5.41, 5.74) is 3.37. The molecule has 0 N–H and O–H groups in total. The molecule has 0 spiro atoms. The van der Waals surface area contributed by atoms with Gasteiger partial charge in [0, 0.05) is 18.3 Å². The molecule has 0 aromatic carbocycles. The molecule has 2 rings (SSSR count). The Balaban J connectivity index is 2.19. The molecule has 0 fully saturated rings. The quantitative estimate of drug-likeness (QED) is 0.780. The molecule has 5 heteroatoms. The van der Waals surface area contributed by atoms with Crippen LogP contribution in [0.15, 0.2) is 18.5 Å². The topological polar surface area (TPSA) is 35.6 Å². The van der Waals surface area contributed by atoms with E-state index in [0.29, 0.717) is 0 Å². The van der Waals surface area contributed by atoms with Crippen LogP contribution in [0.5, 0.6) is 0 Å². The Morgan fingerprint density at radius 3 is 2.72 bits per heavy atom. The highest BCUT2D eigenvalue weighted by Crippen LogP contribution is 2.18. The van der Waals surface area contributed by atoms with Crippen molar-refractivity contribution < 1.29 is 0 Å². The second-order valence-electron chi connectivity index (χ2n) is 4.38. The first-order chi connectivity index (χ1) is 8.63. The van der Waals surface area contributed by atoms with Crippen LogP contribution in [0.1, 0.15) is 43.1 Å². The number of hydrogen-bond donors (Lipinski definition) is 0. The van der Waals surface area contributed by atoms with Crippen molar-refractivity contribution in [2.24, 2.45) is 0 Å². The third-order valence-corrected chi connectivity index (χ3v) is 3.26. The maximum Gasteiger partial charge on any atom is 0.0828 e. The van der Waals surface area contributed by atoms with Crippen LogP contribution in [-0.2, 0) is 19.5 Å². The second-order valence-corrected chi connectivity index (χ2v) is 5.04. The number of aryl methyl sites for hydroxylation is 2. The van der Waals surface area contributed by atoms with Gasteiger partial charge >= 0.3 is 0 Å². The predicted octanol–water partition coefficient (Wildman–Crippen LogP) is 3.01. The Bertz CT molecular complexity index is 513. The van der Waals surface area contributed by atoms with E-state index in [9.17, 15) is 0 Å². The zero-order valence-corrected chi connectivity index (χ0v) is 11.9. The molecule has 1 unspecified atom stereocenters. The van der Waals surface area contributed by atoms with E-state index < -0.39 is 0 Å². The Hall–Kier alpha value is -1.29. The number of rotatable bonds is 5.